The van der Waals surface area contributed by atoms with Crippen molar-refractivity contribution in [3.05, 3.63) is 102 Å². The molecule has 1 aliphatic heterocycles. The molecule has 0 radical (unpaired) electrons. The molecule has 2 amide bonds. The Kier molecular flexibility index (Phi) is 10.3. The quantitative estimate of drug-likeness (QED) is 0.217. The molecule has 1 saturated heterocycles. The molecule has 0 spiro atoms. The topological polar surface area (TPSA) is 102 Å². The van der Waals surface area contributed by atoms with Gasteiger partial charge < -0.3 is 15.0 Å². The number of fused-ring (bicyclic) bond motifs is 1. The first-order chi connectivity index (χ1) is 23.5. The number of aryl methyl sites for hydroxylation is 1. The van der Waals surface area contributed by atoms with Crippen molar-refractivity contribution in [3.8, 4) is 11.4 Å². The minimum atomic E-state index is -0.312. The molecule has 10 heteroatoms. The van der Waals surface area contributed by atoms with Gasteiger partial charge in [0.15, 0.2) is 5.65 Å². The number of pyridine rings is 1. The Labute approximate surface area is 289 Å². The van der Waals surface area contributed by atoms with Crippen LogP contribution in [0.3, 0.4) is 0 Å². The molecule has 0 unspecified atom stereocenters. The SMILES string of the molecule is C=C1/C=C\C=C/C[C@H](Oc2ccc3nnc(CC4CCN(C)CC4)n3c2)CC[C@@H]1NC(=O)Nc1cc(C(C)(C)C)nn1-c1ccc(C)cc1. The molecule has 258 valence electrons. The van der Waals surface area contributed by atoms with Crippen molar-refractivity contribution in [2.75, 3.05) is 25.5 Å². The number of carbonyl (C=O) groups is 1. The van der Waals surface area contributed by atoms with E-state index < -0.39 is 0 Å². The summed E-state index contributed by atoms with van der Waals surface area (Å²) in [6.07, 6.45) is 15.4. The summed E-state index contributed by atoms with van der Waals surface area (Å²) in [6, 6.07) is 13.4. The van der Waals surface area contributed by atoms with Crippen LogP contribution < -0.4 is 15.4 Å². The average molecular weight is 663 g/mol. The fraction of sp³-hybridized carbons (Fsp3) is 0.436. The van der Waals surface area contributed by atoms with Crippen molar-refractivity contribution in [2.45, 2.75) is 83.8 Å². The number of benzene rings is 1. The molecule has 0 saturated carbocycles. The van der Waals surface area contributed by atoms with Crippen molar-refractivity contribution < 1.29 is 9.53 Å². The maximum atomic E-state index is 13.5. The Morgan fingerprint density at radius 3 is 2.55 bits per heavy atom. The second-order valence-electron chi connectivity index (χ2n) is 14.6. The van der Waals surface area contributed by atoms with Crippen molar-refractivity contribution in [2.24, 2.45) is 5.92 Å². The normalized spacial score (nSPS) is 21.0. The Hall–Kier alpha value is -4.70. The fourth-order valence-corrected chi connectivity index (χ4v) is 6.41. The zero-order valence-electron chi connectivity index (χ0n) is 29.5. The molecule has 49 heavy (non-hydrogen) atoms. The number of nitrogens with one attached hydrogen (secondary N) is 2. The van der Waals surface area contributed by atoms with Gasteiger partial charge in [0.25, 0.3) is 0 Å². The largest absolute Gasteiger partial charge is 0.489 e. The first-order valence-corrected chi connectivity index (χ1v) is 17.5. The van der Waals surface area contributed by atoms with E-state index in [1.54, 1.807) is 4.68 Å². The number of hydrogen-bond donors (Lipinski definition) is 2. The van der Waals surface area contributed by atoms with E-state index in [4.69, 9.17) is 9.84 Å². The predicted octanol–water partition coefficient (Wildman–Crippen LogP) is 7.20. The van der Waals surface area contributed by atoms with Crippen LogP contribution in [-0.4, -0.2) is 67.6 Å². The van der Waals surface area contributed by atoms with Crippen molar-refractivity contribution >= 4 is 17.5 Å². The molecule has 1 aliphatic carbocycles. The van der Waals surface area contributed by atoms with Gasteiger partial charge in [0.2, 0.25) is 0 Å². The summed E-state index contributed by atoms with van der Waals surface area (Å²) in [5.74, 6) is 2.98. The van der Waals surface area contributed by atoms with Gasteiger partial charge in [0.1, 0.15) is 23.5 Å². The number of urea groups is 1. The van der Waals surface area contributed by atoms with Gasteiger partial charge >= 0.3 is 6.03 Å². The van der Waals surface area contributed by atoms with Gasteiger partial charge in [-0.3, -0.25) is 9.72 Å². The first-order valence-electron chi connectivity index (χ1n) is 17.5. The summed E-state index contributed by atoms with van der Waals surface area (Å²) in [4.78, 5) is 15.9. The van der Waals surface area contributed by atoms with Crippen molar-refractivity contribution in [3.63, 3.8) is 0 Å². The second kappa shape index (κ2) is 14.8. The molecule has 0 bridgehead atoms. The van der Waals surface area contributed by atoms with Gasteiger partial charge in [0, 0.05) is 24.3 Å². The van der Waals surface area contributed by atoms with Crippen LogP contribution in [0.25, 0.3) is 11.3 Å². The minimum absolute atomic E-state index is 0.0912. The zero-order valence-corrected chi connectivity index (χ0v) is 29.5. The molecule has 6 rings (SSSR count). The third-order valence-electron chi connectivity index (χ3n) is 9.54. The van der Waals surface area contributed by atoms with Crippen molar-refractivity contribution in [1.29, 1.82) is 0 Å². The number of carbonyl (C=O) groups excluding carboxylic acids is 1. The molecular weight excluding hydrogens is 612 g/mol. The van der Waals surface area contributed by atoms with Crippen LogP contribution in [0, 0.1) is 12.8 Å². The van der Waals surface area contributed by atoms with Crippen LogP contribution in [0.5, 0.6) is 5.75 Å². The molecule has 1 fully saturated rings. The zero-order chi connectivity index (χ0) is 34.5. The van der Waals surface area contributed by atoms with Gasteiger partial charge in [-0.1, -0.05) is 69.4 Å². The minimum Gasteiger partial charge on any atom is -0.489 e. The lowest BCUT2D eigenvalue weighted by Gasteiger charge is -2.28. The maximum absolute atomic E-state index is 13.5. The van der Waals surface area contributed by atoms with Gasteiger partial charge in [-0.25, -0.2) is 9.48 Å². The number of hydrogen-bond acceptors (Lipinski definition) is 6. The molecule has 4 heterocycles. The van der Waals surface area contributed by atoms with E-state index in [0.717, 1.165) is 72.1 Å². The maximum Gasteiger partial charge on any atom is 0.320 e. The number of piperidine rings is 1. The summed E-state index contributed by atoms with van der Waals surface area (Å²) in [6.45, 7) is 14.9. The number of anilines is 1. The lowest BCUT2D eigenvalue weighted by molar-refractivity contribution is 0.186. The van der Waals surface area contributed by atoms with Gasteiger partial charge in [0.05, 0.1) is 23.6 Å². The molecule has 1 aromatic carbocycles. The molecule has 2 atom stereocenters. The van der Waals surface area contributed by atoms with Crippen LogP contribution in [0.4, 0.5) is 10.6 Å². The highest BCUT2D eigenvalue weighted by atomic mass is 16.5. The Morgan fingerprint density at radius 1 is 1.02 bits per heavy atom. The van der Waals surface area contributed by atoms with E-state index in [1.807, 2.05) is 66.9 Å². The fourth-order valence-electron chi connectivity index (χ4n) is 6.41. The number of nitrogens with zero attached hydrogens (tertiary/aromatic N) is 6. The van der Waals surface area contributed by atoms with E-state index in [0.29, 0.717) is 18.2 Å². The van der Waals surface area contributed by atoms with Gasteiger partial charge in [-0.05, 0) is 88.5 Å². The first kappa shape index (κ1) is 34.2. The molecule has 3 aromatic heterocycles. The smallest absolute Gasteiger partial charge is 0.320 e. The van der Waals surface area contributed by atoms with Crippen molar-refractivity contribution in [1.82, 2.24) is 34.6 Å². The number of ether oxygens (including phenoxy) is 1. The third kappa shape index (κ3) is 8.67. The van der Waals surface area contributed by atoms with Crippen LogP contribution in [0.15, 0.2) is 85.1 Å². The number of aromatic nitrogens is 5. The number of allylic oxidation sites excluding steroid dienone is 2. The van der Waals surface area contributed by atoms with Crippen LogP contribution in [0.2, 0.25) is 0 Å². The third-order valence-corrected chi connectivity index (χ3v) is 9.54. The van der Waals surface area contributed by atoms with Crippen LogP contribution in [0.1, 0.15) is 70.0 Å². The van der Waals surface area contributed by atoms with E-state index in [1.165, 1.54) is 12.8 Å². The molecular formula is C39H50N8O2. The summed E-state index contributed by atoms with van der Waals surface area (Å²) in [5.41, 5.74) is 4.40. The van der Waals surface area contributed by atoms with E-state index in [-0.39, 0.29) is 23.6 Å². The summed E-state index contributed by atoms with van der Waals surface area (Å²) < 4.78 is 10.5. The number of likely N-dealkylation sites (tertiary alicyclic amines) is 1. The van der Waals surface area contributed by atoms with Gasteiger partial charge in [-0.15, -0.1) is 10.2 Å². The average Bonchev–Trinajstić information content (AvgIpc) is 3.68. The van der Waals surface area contributed by atoms with Gasteiger partial charge in [-0.2, -0.15) is 5.10 Å². The van der Waals surface area contributed by atoms with E-state index >= 15 is 0 Å². The summed E-state index contributed by atoms with van der Waals surface area (Å²) in [5, 5.41) is 20.1. The predicted molar refractivity (Wildman–Crippen MR) is 196 cm³/mol. The van der Waals surface area contributed by atoms with E-state index in [2.05, 4.69) is 77.5 Å². The van der Waals surface area contributed by atoms with Crippen LogP contribution >= 0.6 is 0 Å². The number of rotatable bonds is 7. The Bertz CT molecular complexity index is 1820. The summed E-state index contributed by atoms with van der Waals surface area (Å²) >= 11 is 0. The standard InChI is InChI=1S/C39H50N8O2/c1-27-12-14-30(15-13-27)47-36(25-34(44-47)39(3,4)5)41-38(48)40-33-18-16-31(11-9-7-8-10-28(33)2)49-32-17-19-35-42-43-37(46(35)26-32)24-29-20-22-45(6)23-21-29/h7-10,12-15,17,19,25-26,29,31,33H,2,11,16,18,20-24H2,1,3-6H3,(H2,40,41,48)/b9-7-,10-8-/t31-,33-/m0/s1. The highest BCUT2D eigenvalue weighted by Gasteiger charge is 2.24. The second-order valence-corrected chi connectivity index (χ2v) is 14.6. The monoisotopic (exact) mass is 662 g/mol. The Morgan fingerprint density at radius 2 is 1.80 bits per heavy atom. The molecule has 10 nitrogen and oxygen atoms in total. The Balaban J connectivity index is 1.14. The molecule has 4 aromatic rings. The summed E-state index contributed by atoms with van der Waals surface area (Å²) in [7, 11) is 2.19. The lowest BCUT2D eigenvalue weighted by Crippen LogP contribution is -2.40. The molecule has 2 N–H and O–H groups in total. The highest BCUT2D eigenvalue weighted by Crippen LogP contribution is 2.27. The lowest BCUT2D eigenvalue weighted by atomic mass is 9.92. The number of amides is 2. The highest BCUT2D eigenvalue weighted by molar-refractivity contribution is 5.89. The molecule has 2 aliphatic rings. The van der Waals surface area contributed by atoms with Crippen LogP contribution in [-0.2, 0) is 11.8 Å². The van der Waals surface area contributed by atoms with E-state index in [9.17, 15) is 4.79 Å².